The zero-order chi connectivity index (χ0) is 16.9. The number of nitrogens with zero attached hydrogens (tertiary/aromatic N) is 1. The van der Waals surface area contributed by atoms with Crippen LogP contribution in [-0.2, 0) is 0 Å². The highest BCUT2D eigenvalue weighted by Gasteiger charge is 2.41. The molecule has 2 aromatic carbocycles. The monoisotopic (exact) mass is 322 g/mol. The quantitative estimate of drug-likeness (QED) is 0.617. The normalized spacial score (nSPS) is 27.0. The third kappa shape index (κ3) is 3.09. The standard InChI is InChI=1S/C21H26N2O/c1-3-17-19(15-11-7-5-8-12-15)22-20(16-13-9-6-10-14-16)18(4-2)21(17)23-24/h5-14,17-20,22,24H,3-4H2,1-2H3/t17-,18-,19+,20+/m0/s1. The minimum Gasteiger partial charge on any atom is -0.411 e. The van der Waals surface area contributed by atoms with E-state index in [1.165, 1.54) is 11.1 Å². The lowest BCUT2D eigenvalue weighted by molar-refractivity contribution is 0.252. The lowest BCUT2D eigenvalue weighted by Crippen LogP contribution is -2.48. The Balaban J connectivity index is 2.04. The average Bonchev–Trinajstić information content (AvgIpc) is 2.67. The van der Waals surface area contributed by atoms with Gasteiger partial charge in [-0.3, -0.25) is 0 Å². The predicted molar refractivity (Wildman–Crippen MR) is 98.3 cm³/mol. The van der Waals surface area contributed by atoms with E-state index in [0.29, 0.717) is 0 Å². The molecule has 3 rings (SSSR count). The maximum Gasteiger partial charge on any atom is 0.0670 e. The average molecular weight is 322 g/mol. The Morgan fingerprint density at radius 1 is 0.792 bits per heavy atom. The molecule has 0 aliphatic carbocycles. The molecule has 0 aromatic heterocycles. The minimum absolute atomic E-state index is 0.162. The summed E-state index contributed by atoms with van der Waals surface area (Å²) in [5, 5.41) is 17.4. The molecule has 0 saturated carbocycles. The second-order valence-electron chi connectivity index (χ2n) is 6.50. The molecular formula is C21H26N2O. The SMILES string of the molecule is CC[C@@H]1C(=NO)[C@@H](CC)[C@@H](c2ccccc2)N[C@@H]1c1ccccc1. The van der Waals surface area contributed by atoms with Gasteiger partial charge in [0, 0.05) is 23.9 Å². The van der Waals surface area contributed by atoms with Crippen LogP contribution in [-0.4, -0.2) is 10.9 Å². The molecule has 2 aromatic rings. The van der Waals surface area contributed by atoms with Gasteiger partial charge in [-0.15, -0.1) is 0 Å². The first-order valence-corrected chi connectivity index (χ1v) is 8.87. The summed E-state index contributed by atoms with van der Waals surface area (Å²) in [6.07, 6.45) is 1.90. The molecule has 1 aliphatic rings. The van der Waals surface area contributed by atoms with Crippen LogP contribution in [0.25, 0.3) is 0 Å². The van der Waals surface area contributed by atoms with Crippen molar-refractivity contribution in [2.24, 2.45) is 17.0 Å². The van der Waals surface area contributed by atoms with Crippen molar-refractivity contribution in [3.63, 3.8) is 0 Å². The lowest BCUT2D eigenvalue weighted by atomic mass is 9.72. The highest BCUT2D eigenvalue weighted by atomic mass is 16.4. The molecule has 0 amide bonds. The Hall–Kier alpha value is -2.13. The summed E-state index contributed by atoms with van der Waals surface area (Å²) >= 11 is 0. The van der Waals surface area contributed by atoms with Gasteiger partial charge in [0.05, 0.1) is 5.71 Å². The zero-order valence-electron chi connectivity index (χ0n) is 14.4. The number of nitrogens with one attached hydrogen (secondary N) is 1. The van der Waals surface area contributed by atoms with Crippen molar-refractivity contribution in [2.45, 2.75) is 38.8 Å². The molecule has 1 saturated heterocycles. The van der Waals surface area contributed by atoms with Gasteiger partial charge in [0.2, 0.25) is 0 Å². The predicted octanol–water partition coefficient (Wildman–Crippen LogP) is 4.95. The second-order valence-corrected chi connectivity index (χ2v) is 6.50. The number of piperidine rings is 1. The molecule has 1 aliphatic heterocycles. The van der Waals surface area contributed by atoms with Crippen molar-refractivity contribution in [3.8, 4) is 0 Å². The van der Waals surface area contributed by atoms with Gasteiger partial charge in [-0.25, -0.2) is 0 Å². The molecule has 0 radical (unpaired) electrons. The zero-order valence-corrected chi connectivity index (χ0v) is 14.4. The first kappa shape index (κ1) is 16.7. The third-order valence-electron chi connectivity index (χ3n) is 5.24. The second kappa shape index (κ2) is 7.63. The lowest BCUT2D eigenvalue weighted by Gasteiger charge is -2.43. The smallest absolute Gasteiger partial charge is 0.0670 e. The van der Waals surface area contributed by atoms with E-state index in [1.54, 1.807) is 0 Å². The summed E-state index contributed by atoms with van der Waals surface area (Å²) in [5.41, 5.74) is 3.43. The van der Waals surface area contributed by atoms with Crippen molar-refractivity contribution in [1.82, 2.24) is 5.32 Å². The van der Waals surface area contributed by atoms with E-state index in [1.807, 2.05) is 12.1 Å². The summed E-state index contributed by atoms with van der Waals surface area (Å²) < 4.78 is 0. The molecule has 2 N–H and O–H groups in total. The van der Waals surface area contributed by atoms with Crippen LogP contribution in [0, 0.1) is 11.8 Å². The van der Waals surface area contributed by atoms with E-state index in [-0.39, 0.29) is 23.9 Å². The highest BCUT2D eigenvalue weighted by Crippen LogP contribution is 2.41. The number of benzene rings is 2. The van der Waals surface area contributed by atoms with E-state index >= 15 is 0 Å². The Morgan fingerprint density at radius 2 is 1.21 bits per heavy atom. The molecule has 1 heterocycles. The summed E-state index contributed by atoms with van der Waals surface area (Å²) in [5.74, 6) is 0.421. The molecule has 0 unspecified atom stereocenters. The Kier molecular flexibility index (Phi) is 5.31. The van der Waals surface area contributed by atoms with Gasteiger partial charge in [0.25, 0.3) is 0 Å². The molecule has 3 heteroatoms. The maximum atomic E-state index is 9.78. The van der Waals surface area contributed by atoms with E-state index in [2.05, 4.69) is 72.9 Å². The summed E-state index contributed by atoms with van der Waals surface area (Å²) in [4.78, 5) is 0. The fourth-order valence-corrected chi connectivity index (χ4v) is 4.06. The summed E-state index contributed by atoms with van der Waals surface area (Å²) in [6, 6.07) is 21.3. The Morgan fingerprint density at radius 3 is 1.54 bits per heavy atom. The first-order chi connectivity index (χ1) is 11.8. The molecule has 1 fully saturated rings. The third-order valence-corrected chi connectivity index (χ3v) is 5.24. The topological polar surface area (TPSA) is 44.6 Å². The molecule has 3 nitrogen and oxygen atoms in total. The van der Waals surface area contributed by atoms with Crippen molar-refractivity contribution >= 4 is 5.71 Å². The molecule has 24 heavy (non-hydrogen) atoms. The van der Waals surface area contributed by atoms with Crippen molar-refractivity contribution in [3.05, 3.63) is 71.8 Å². The van der Waals surface area contributed by atoms with Crippen LogP contribution in [0.4, 0.5) is 0 Å². The number of oxime groups is 1. The first-order valence-electron chi connectivity index (χ1n) is 8.87. The van der Waals surface area contributed by atoms with Crippen LogP contribution in [0.15, 0.2) is 65.8 Å². The molecule has 126 valence electrons. The fourth-order valence-electron chi connectivity index (χ4n) is 4.06. The van der Waals surface area contributed by atoms with Gasteiger partial charge in [-0.05, 0) is 24.0 Å². The number of hydrogen-bond acceptors (Lipinski definition) is 3. The van der Waals surface area contributed by atoms with Crippen molar-refractivity contribution < 1.29 is 5.21 Å². The molecule has 4 atom stereocenters. The maximum absolute atomic E-state index is 9.78. The van der Waals surface area contributed by atoms with E-state index in [0.717, 1.165) is 18.6 Å². The minimum atomic E-state index is 0.162. The van der Waals surface area contributed by atoms with Gasteiger partial charge < -0.3 is 10.5 Å². The van der Waals surface area contributed by atoms with Crippen molar-refractivity contribution in [1.29, 1.82) is 0 Å². The number of hydrogen-bond donors (Lipinski definition) is 2. The van der Waals surface area contributed by atoms with Gasteiger partial charge in [-0.1, -0.05) is 79.7 Å². The highest BCUT2D eigenvalue weighted by molar-refractivity contribution is 5.91. The van der Waals surface area contributed by atoms with Crippen LogP contribution in [0.5, 0.6) is 0 Å². The largest absolute Gasteiger partial charge is 0.411 e. The van der Waals surface area contributed by atoms with E-state index in [9.17, 15) is 5.21 Å². The van der Waals surface area contributed by atoms with Crippen LogP contribution in [0.1, 0.15) is 49.9 Å². The Labute approximate surface area is 144 Å². The summed E-state index contributed by atoms with van der Waals surface area (Å²) in [7, 11) is 0. The number of rotatable bonds is 4. The fraction of sp³-hybridized carbons (Fsp3) is 0.381. The van der Waals surface area contributed by atoms with Crippen LogP contribution < -0.4 is 5.32 Å². The van der Waals surface area contributed by atoms with Gasteiger partial charge in [0.15, 0.2) is 0 Å². The van der Waals surface area contributed by atoms with Gasteiger partial charge in [0.1, 0.15) is 0 Å². The summed E-state index contributed by atoms with van der Waals surface area (Å²) in [6.45, 7) is 4.34. The van der Waals surface area contributed by atoms with Gasteiger partial charge in [-0.2, -0.15) is 0 Å². The Bertz CT molecular complexity index is 613. The van der Waals surface area contributed by atoms with Gasteiger partial charge >= 0.3 is 0 Å². The van der Waals surface area contributed by atoms with E-state index < -0.39 is 0 Å². The molecule has 0 bridgehead atoms. The molecular weight excluding hydrogens is 296 g/mol. The van der Waals surface area contributed by atoms with Crippen molar-refractivity contribution in [2.75, 3.05) is 0 Å². The van der Waals surface area contributed by atoms with Crippen LogP contribution in [0.2, 0.25) is 0 Å². The van der Waals surface area contributed by atoms with E-state index in [4.69, 9.17) is 0 Å². The molecule has 0 spiro atoms. The van der Waals surface area contributed by atoms with Crippen LogP contribution in [0.3, 0.4) is 0 Å². The van der Waals surface area contributed by atoms with Crippen LogP contribution >= 0.6 is 0 Å².